The van der Waals surface area contributed by atoms with Gasteiger partial charge < -0.3 is 0 Å². The van der Waals surface area contributed by atoms with Gasteiger partial charge in [0.25, 0.3) is 0 Å². The maximum absolute atomic E-state index is 4.27. The highest BCUT2D eigenvalue weighted by Gasteiger charge is 2.37. The SMILES string of the molecule is C=C1CC2C=CC1C2=C(c1ccccc1)c1ccccc1. The van der Waals surface area contributed by atoms with E-state index in [1.807, 2.05) is 0 Å². The second-order valence-electron chi connectivity index (χ2n) is 5.89. The van der Waals surface area contributed by atoms with Gasteiger partial charge in [-0.2, -0.15) is 0 Å². The molecule has 1 saturated carbocycles. The average molecular weight is 270 g/mol. The Morgan fingerprint density at radius 3 is 1.81 bits per heavy atom. The number of hydrogen-bond donors (Lipinski definition) is 0. The molecule has 0 nitrogen and oxygen atoms in total. The molecule has 102 valence electrons. The second-order valence-corrected chi connectivity index (χ2v) is 5.89. The smallest absolute Gasteiger partial charge is 0.0200 e. The standard InChI is InChI=1S/C21H18/c1-15-14-18-12-13-19(15)21(18)20(16-8-4-2-5-9-16)17-10-6-3-7-11-17/h2-13,18-19H,1,14H2. The Balaban J connectivity index is 1.96. The van der Waals surface area contributed by atoms with Gasteiger partial charge in [0.15, 0.2) is 0 Å². The maximum atomic E-state index is 4.27. The van der Waals surface area contributed by atoms with Crippen LogP contribution in [0.4, 0.5) is 0 Å². The summed E-state index contributed by atoms with van der Waals surface area (Å²) in [5.74, 6) is 0.975. The fourth-order valence-corrected chi connectivity index (χ4v) is 3.68. The molecular weight excluding hydrogens is 252 g/mol. The molecule has 0 saturated heterocycles. The minimum absolute atomic E-state index is 0.436. The largest absolute Gasteiger partial charge is 0.0989 e. The lowest BCUT2D eigenvalue weighted by atomic mass is 9.87. The van der Waals surface area contributed by atoms with Gasteiger partial charge in [-0.1, -0.05) is 85.0 Å². The first-order valence-corrected chi connectivity index (χ1v) is 7.55. The quantitative estimate of drug-likeness (QED) is 0.654. The van der Waals surface area contributed by atoms with Crippen molar-refractivity contribution in [1.29, 1.82) is 0 Å². The van der Waals surface area contributed by atoms with Crippen molar-refractivity contribution in [3.63, 3.8) is 0 Å². The van der Waals surface area contributed by atoms with Crippen molar-refractivity contribution in [2.45, 2.75) is 6.42 Å². The van der Waals surface area contributed by atoms with Gasteiger partial charge in [-0.05, 0) is 28.7 Å². The summed E-state index contributed by atoms with van der Waals surface area (Å²) in [6, 6.07) is 21.5. The van der Waals surface area contributed by atoms with Crippen LogP contribution in [0.1, 0.15) is 17.5 Å². The van der Waals surface area contributed by atoms with Gasteiger partial charge in [0, 0.05) is 11.8 Å². The first-order valence-electron chi connectivity index (χ1n) is 7.55. The lowest BCUT2D eigenvalue weighted by Gasteiger charge is -2.16. The van der Waals surface area contributed by atoms with E-state index in [4.69, 9.17) is 0 Å². The highest BCUT2D eigenvalue weighted by Crippen LogP contribution is 2.51. The van der Waals surface area contributed by atoms with E-state index in [2.05, 4.69) is 79.4 Å². The Morgan fingerprint density at radius 2 is 1.38 bits per heavy atom. The molecule has 1 fully saturated rings. The normalized spacial score (nSPS) is 22.9. The monoisotopic (exact) mass is 270 g/mol. The summed E-state index contributed by atoms with van der Waals surface area (Å²) in [6.07, 6.45) is 5.80. The number of benzene rings is 2. The van der Waals surface area contributed by atoms with Crippen molar-refractivity contribution in [2.24, 2.45) is 11.8 Å². The molecule has 0 aliphatic heterocycles. The van der Waals surface area contributed by atoms with Crippen molar-refractivity contribution in [3.05, 3.63) is 102 Å². The molecule has 2 aromatic carbocycles. The van der Waals surface area contributed by atoms with E-state index in [0.29, 0.717) is 11.8 Å². The Morgan fingerprint density at radius 1 is 0.810 bits per heavy atom. The molecule has 0 amide bonds. The molecule has 2 atom stereocenters. The predicted octanol–water partition coefficient (Wildman–Crippen LogP) is 5.25. The Hall–Kier alpha value is -2.34. The fraction of sp³-hybridized carbons (Fsp3) is 0.143. The summed E-state index contributed by atoms with van der Waals surface area (Å²) < 4.78 is 0. The molecule has 2 aliphatic carbocycles. The van der Waals surface area contributed by atoms with E-state index >= 15 is 0 Å². The Bertz CT molecular complexity index is 691. The lowest BCUT2D eigenvalue weighted by molar-refractivity contribution is 0.837. The third-order valence-electron chi connectivity index (χ3n) is 4.61. The van der Waals surface area contributed by atoms with Crippen LogP contribution in [-0.4, -0.2) is 0 Å². The van der Waals surface area contributed by atoms with Crippen LogP contribution in [0.5, 0.6) is 0 Å². The third-order valence-corrected chi connectivity index (χ3v) is 4.61. The maximum Gasteiger partial charge on any atom is 0.0200 e. The number of allylic oxidation sites excluding steroid dienone is 4. The molecule has 21 heavy (non-hydrogen) atoms. The molecule has 0 spiro atoms. The number of hydrogen-bond acceptors (Lipinski definition) is 0. The first-order chi connectivity index (χ1) is 10.3. The predicted molar refractivity (Wildman–Crippen MR) is 88.8 cm³/mol. The highest BCUT2D eigenvalue weighted by atomic mass is 14.4. The summed E-state index contributed by atoms with van der Waals surface area (Å²) in [5, 5.41) is 0. The van der Waals surface area contributed by atoms with Gasteiger partial charge in [-0.15, -0.1) is 0 Å². The molecule has 2 aliphatic rings. The molecule has 2 aromatic rings. The minimum Gasteiger partial charge on any atom is -0.0989 e. The van der Waals surface area contributed by atoms with E-state index in [1.54, 1.807) is 0 Å². The zero-order chi connectivity index (χ0) is 14.2. The van der Waals surface area contributed by atoms with E-state index in [0.717, 1.165) is 6.42 Å². The molecule has 0 heteroatoms. The molecule has 0 aromatic heterocycles. The van der Waals surface area contributed by atoms with Crippen molar-refractivity contribution in [1.82, 2.24) is 0 Å². The molecule has 0 radical (unpaired) electrons. The fourth-order valence-electron chi connectivity index (χ4n) is 3.68. The lowest BCUT2D eigenvalue weighted by Crippen LogP contribution is -2.00. The molecule has 2 bridgehead atoms. The van der Waals surface area contributed by atoms with Crippen molar-refractivity contribution in [3.8, 4) is 0 Å². The molecule has 0 N–H and O–H groups in total. The van der Waals surface area contributed by atoms with Gasteiger partial charge in [-0.3, -0.25) is 0 Å². The van der Waals surface area contributed by atoms with E-state index in [-0.39, 0.29) is 0 Å². The van der Waals surface area contributed by atoms with Crippen LogP contribution in [-0.2, 0) is 0 Å². The molecule has 4 rings (SSSR count). The number of fused-ring (bicyclic) bond motifs is 2. The van der Waals surface area contributed by atoms with Crippen LogP contribution >= 0.6 is 0 Å². The molecule has 2 unspecified atom stereocenters. The van der Waals surface area contributed by atoms with Crippen molar-refractivity contribution in [2.75, 3.05) is 0 Å². The summed E-state index contributed by atoms with van der Waals surface area (Å²) in [4.78, 5) is 0. The Kier molecular flexibility index (Phi) is 2.89. The number of rotatable bonds is 2. The average Bonchev–Trinajstić information content (AvgIpc) is 3.06. The van der Waals surface area contributed by atoms with Crippen LogP contribution < -0.4 is 0 Å². The second kappa shape index (κ2) is 4.89. The van der Waals surface area contributed by atoms with Gasteiger partial charge in [0.1, 0.15) is 0 Å². The van der Waals surface area contributed by atoms with E-state index in [9.17, 15) is 0 Å². The van der Waals surface area contributed by atoms with Crippen LogP contribution in [0.25, 0.3) is 5.57 Å². The summed E-state index contributed by atoms with van der Waals surface area (Å²) >= 11 is 0. The topological polar surface area (TPSA) is 0 Å². The zero-order valence-electron chi connectivity index (χ0n) is 12.0. The molecular formula is C21H18. The van der Waals surface area contributed by atoms with Crippen LogP contribution in [0, 0.1) is 11.8 Å². The van der Waals surface area contributed by atoms with Crippen molar-refractivity contribution < 1.29 is 0 Å². The summed E-state index contributed by atoms with van der Waals surface area (Å²) in [7, 11) is 0. The van der Waals surface area contributed by atoms with Crippen LogP contribution in [0.3, 0.4) is 0 Å². The van der Waals surface area contributed by atoms with Gasteiger partial charge in [0.2, 0.25) is 0 Å². The highest BCUT2D eigenvalue weighted by molar-refractivity contribution is 5.84. The van der Waals surface area contributed by atoms with Gasteiger partial charge in [0.05, 0.1) is 0 Å². The van der Waals surface area contributed by atoms with Crippen LogP contribution in [0.2, 0.25) is 0 Å². The zero-order valence-corrected chi connectivity index (χ0v) is 12.0. The first kappa shape index (κ1) is 12.4. The Labute approximate surface area is 126 Å². The van der Waals surface area contributed by atoms with Crippen LogP contribution in [0.15, 0.2) is 90.5 Å². The van der Waals surface area contributed by atoms with Gasteiger partial charge >= 0.3 is 0 Å². The van der Waals surface area contributed by atoms with Crippen molar-refractivity contribution >= 4 is 5.57 Å². The van der Waals surface area contributed by atoms with E-state index in [1.165, 1.54) is 27.8 Å². The third kappa shape index (κ3) is 1.99. The minimum atomic E-state index is 0.436. The van der Waals surface area contributed by atoms with E-state index < -0.39 is 0 Å². The summed E-state index contributed by atoms with van der Waals surface area (Å²) in [6.45, 7) is 4.27. The molecule has 0 heterocycles. The van der Waals surface area contributed by atoms with Gasteiger partial charge in [-0.25, -0.2) is 0 Å². The summed E-state index contributed by atoms with van der Waals surface area (Å²) in [5.41, 5.74) is 6.92.